The van der Waals surface area contributed by atoms with E-state index in [0.29, 0.717) is 0 Å². The molecule has 0 aliphatic carbocycles. The summed E-state index contributed by atoms with van der Waals surface area (Å²) in [6.07, 6.45) is 0. The van der Waals surface area contributed by atoms with E-state index in [9.17, 15) is 9.59 Å². The zero-order valence-electron chi connectivity index (χ0n) is 14.2. The van der Waals surface area contributed by atoms with E-state index in [1.54, 1.807) is 0 Å². The molecule has 1 aliphatic heterocycles. The van der Waals surface area contributed by atoms with Gasteiger partial charge in [0.25, 0.3) is 0 Å². The van der Waals surface area contributed by atoms with Crippen LogP contribution in [0.3, 0.4) is 0 Å². The third-order valence-electron chi connectivity index (χ3n) is 4.74. The quantitative estimate of drug-likeness (QED) is 0.867. The first kappa shape index (κ1) is 17.2. The van der Waals surface area contributed by atoms with E-state index in [1.165, 1.54) is 14.2 Å². The van der Waals surface area contributed by atoms with Crippen molar-refractivity contribution < 1.29 is 19.1 Å². The predicted octanol–water partition coefficient (Wildman–Crippen LogP) is 2.45. The number of ether oxygens (including phenoxy) is 2. The molecule has 1 unspecified atom stereocenters. The van der Waals surface area contributed by atoms with Crippen LogP contribution in [0.15, 0.2) is 60.7 Å². The Balaban J connectivity index is 2.09. The molecule has 1 saturated heterocycles. The second-order valence-corrected chi connectivity index (χ2v) is 6.04. The monoisotopic (exact) mass is 339 g/mol. The first-order valence-corrected chi connectivity index (χ1v) is 8.19. The third kappa shape index (κ3) is 3.28. The van der Waals surface area contributed by atoms with Gasteiger partial charge in [-0.25, -0.2) is 0 Å². The third-order valence-corrected chi connectivity index (χ3v) is 4.74. The highest BCUT2D eigenvalue weighted by Crippen LogP contribution is 2.44. The molecule has 130 valence electrons. The molecule has 0 amide bonds. The molecule has 5 heteroatoms. The van der Waals surface area contributed by atoms with Gasteiger partial charge in [-0.1, -0.05) is 60.7 Å². The van der Waals surface area contributed by atoms with Crippen molar-refractivity contribution in [3.63, 3.8) is 0 Å². The lowest BCUT2D eigenvalue weighted by Crippen LogP contribution is -2.36. The first-order valence-electron chi connectivity index (χ1n) is 8.19. The number of benzene rings is 2. The number of esters is 2. The highest BCUT2D eigenvalue weighted by Gasteiger charge is 2.51. The molecule has 1 aliphatic rings. The minimum absolute atomic E-state index is 0.331. The average molecular weight is 339 g/mol. The van der Waals surface area contributed by atoms with Crippen molar-refractivity contribution in [2.24, 2.45) is 5.92 Å². The van der Waals surface area contributed by atoms with Gasteiger partial charge in [-0.3, -0.25) is 14.9 Å². The summed E-state index contributed by atoms with van der Waals surface area (Å²) in [4.78, 5) is 25.0. The topological polar surface area (TPSA) is 64.6 Å². The van der Waals surface area contributed by atoms with Gasteiger partial charge in [0.15, 0.2) is 0 Å². The Bertz CT molecular complexity index is 732. The molecule has 0 spiro atoms. The Kier molecular flexibility index (Phi) is 5.14. The average Bonchev–Trinajstić information content (AvgIpc) is 3.08. The molecule has 5 nitrogen and oxygen atoms in total. The Hall–Kier alpha value is -2.66. The molecule has 1 N–H and O–H groups in total. The standard InChI is InChI=1S/C20H21NO4/c1-24-19(22)16-15(13-9-5-3-6-10-13)18(20(23)25-2)21-17(16)14-11-7-4-8-12-14/h3-12,15-18,21H,1-2H3/t15-,16?,17-,18-/m1/s1. The fourth-order valence-electron chi connectivity index (χ4n) is 3.61. The summed E-state index contributed by atoms with van der Waals surface area (Å²) in [6, 6.07) is 18.2. The molecule has 2 aromatic rings. The molecule has 0 aromatic heterocycles. The van der Waals surface area contributed by atoms with E-state index in [1.807, 2.05) is 60.7 Å². The van der Waals surface area contributed by atoms with Crippen LogP contribution in [0, 0.1) is 5.92 Å². The van der Waals surface area contributed by atoms with Crippen molar-refractivity contribution in [3.8, 4) is 0 Å². The van der Waals surface area contributed by atoms with Gasteiger partial charge in [0.05, 0.1) is 20.1 Å². The van der Waals surface area contributed by atoms with Crippen molar-refractivity contribution in [3.05, 3.63) is 71.8 Å². The number of carbonyl (C=O) groups is 2. The van der Waals surface area contributed by atoms with E-state index in [4.69, 9.17) is 9.47 Å². The highest BCUT2D eigenvalue weighted by atomic mass is 16.5. The van der Waals surface area contributed by atoms with E-state index in [2.05, 4.69) is 5.32 Å². The Morgan fingerprint density at radius 2 is 1.32 bits per heavy atom. The van der Waals surface area contributed by atoms with Crippen LogP contribution in [0.1, 0.15) is 23.1 Å². The summed E-state index contributed by atoms with van der Waals surface area (Å²) in [5.74, 6) is -1.63. The zero-order valence-corrected chi connectivity index (χ0v) is 14.2. The van der Waals surface area contributed by atoms with Gasteiger partial charge in [0, 0.05) is 12.0 Å². The highest BCUT2D eigenvalue weighted by molar-refractivity contribution is 5.83. The van der Waals surface area contributed by atoms with E-state index < -0.39 is 12.0 Å². The molecular weight excluding hydrogens is 318 g/mol. The van der Waals surface area contributed by atoms with Crippen LogP contribution in [-0.4, -0.2) is 32.2 Å². The van der Waals surface area contributed by atoms with Crippen LogP contribution in [0.25, 0.3) is 0 Å². The molecule has 0 bridgehead atoms. The summed E-state index contributed by atoms with van der Waals surface area (Å²) in [5, 5.41) is 3.30. The molecule has 1 heterocycles. The smallest absolute Gasteiger partial charge is 0.323 e. The van der Waals surface area contributed by atoms with Crippen LogP contribution in [0.4, 0.5) is 0 Å². The number of carbonyl (C=O) groups excluding carboxylic acids is 2. The molecule has 25 heavy (non-hydrogen) atoms. The van der Waals surface area contributed by atoms with Crippen LogP contribution in [0.5, 0.6) is 0 Å². The maximum atomic E-state index is 12.6. The second-order valence-electron chi connectivity index (χ2n) is 6.04. The van der Waals surface area contributed by atoms with E-state index in [0.717, 1.165) is 11.1 Å². The first-order chi connectivity index (χ1) is 12.2. The van der Waals surface area contributed by atoms with Gasteiger partial charge in [0.1, 0.15) is 6.04 Å². The van der Waals surface area contributed by atoms with E-state index >= 15 is 0 Å². The maximum absolute atomic E-state index is 12.6. The number of hydrogen-bond acceptors (Lipinski definition) is 5. The van der Waals surface area contributed by atoms with Gasteiger partial charge in [0.2, 0.25) is 0 Å². The van der Waals surface area contributed by atoms with Gasteiger partial charge in [-0.15, -0.1) is 0 Å². The fourth-order valence-corrected chi connectivity index (χ4v) is 3.61. The summed E-state index contributed by atoms with van der Waals surface area (Å²) in [7, 11) is 2.73. The van der Waals surface area contributed by atoms with Gasteiger partial charge in [-0.05, 0) is 11.1 Å². The molecule has 1 fully saturated rings. The number of nitrogens with one attached hydrogen (secondary N) is 1. The second kappa shape index (κ2) is 7.49. The number of methoxy groups -OCH3 is 2. The van der Waals surface area contributed by atoms with Crippen molar-refractivity contribution in [2.75, 3.05) is 14.2 Å². The minimum atomic E-state index is -0.623. The number of hydrogen-bond donors (Lipinski definition) is 1. The normalized spacial score (nSPS) is 25.4. The molecule has 2 aromatic carbocycles. The zero-order chi connectivity index (χ0) is 17.8. The summed E-state index contributed by atoms with van der Waals surface area (Å²) < 4.78 is 10.0. The number of rotatable bonds is 4. The Labute approximate surface area is 147 Å². The fraction of sp³-hybridized carbons (Fsp3) is 0.300. The lowest BCUT2D eigenvalue weighted by Gasteiger charge is -2.23. The van der Waals surface area contributed by atoms with Crippen molar-refractivity contribution >= 4 is 11.9 Å². The lowest BCUT2D eigenvalue weighted by atomic mass is 9.80. The maximum Gasteiger partial charge on any atom is 0.323 e. The van der Waals surface area contributed by atoms with Gasteiger partial charge in [-0.2, -0.15) is 0 Å². The molecule has 0 saturated carbocycles. The van der Waals surface area contributed by atoms with E-state index in [-0.39, 0.29) is 23.9 Å². The molecular formula is C20H21NO4. The summed E-state index contributed by atoms with van der Waals surface area (Å²) >= 11 is 0. The van der Waals surface area contributed by atoms with Gasteiger partial charge < -0.3 is 9.47 Å². The van der Waals surface area contributed by atoms with Crippen molar-refractivity contribution in [1.82, 2.24) is 5.32 Å². The van der Waals surface area contributed by atoms with Crippen LogP contribution in [-0.2, 0) is 19.1 Å². The summed E-state index contributed by atoms with van der Waals surface area (Å²) in [5.41, 5.74) is 1.84. The predicted molar refractivity (Wildman–Crippen MR) is 92.8 cm³/mol. The lowest BCUT2D eigenvalue weighted by molar-refractivity contribution is -0.146. The summed E-state index contributed by atoms with van der Waals surface area (Å²) in [6.45, 7) is 0. The molecule has 3 rings (SSSR count). The minimum Gasteiger partial charge on any atom is -0.469 e. The van der Waals surface area contributed by atoms with Crippen LogP contribution in [0.2, 0.25) is 0 Å². The SMILES string of the molecule is COC(=O)C1[C@@H](c2ccccc2)N[C@@H](C(=O)OC)[C@@H]1c1ccccc1. The van der Waals surface area contributed by atoms with Crippen molar-refractivity contribution in [1.29, 1.82) is 0 Å². The Morgan fingerprint density at radius 3 is 1.84 bits per heavy atom. The Morgan fingerprint density at radius 1 is 0.800 bits per heavy atom. The van der Waals surface area contributed by atoms with Crippen molar-refractivity contribution in [2.45, 2.75) is 18.0 Å². The molecule has 0 radical (unpaired) electrons. The van der Waals surface area contributed by atoms with Crippen LogP contribution < -0.4 is 5.32 Å². The van der Waals surface area contributed by atoms with Crippen LogP contribution >= 0.6 is 0 Å². The largest absolute Gasteiger partial charge is 0.469 e. The van der Waals surface area contributed by atoms with Gasteiger partial charge >= 0.3 is 11.9 Å². The molecule has 4 atom stereocenters.